The van der Waals surface area contributed by atoms with Crippen molar-refractivity contribution in [3.8, 4) is 0 Å². The molecule has 0 saturated carbocycles. The second-order valence-corrected chi connectivity index (χ2v) is 5.02. The summed E-state index contributed by atoms with van der Waals surface area (Å²) in [7, 11) is 0. The lowest BCUT2D eigenvalue weighted by Crippen LogP contribution is -2.39. The van der Waals surface area contributed by atoms with Gasteiger partial charge in [0.2, 0.25) is 0 Å². The summed E-state index contributed by atoms with van der Waals surface area (Å²) in [5.74, 6) is 0.0799. The number of carbonyl (C=O) groups excluding carboxylic acids is 1. The average Bonchev–Trinajstić information content (AvgIpc) is 2.26. The van der Waals surface area contributed by atoms with Crippen molar-refractivity contribution in [3.63, 3.8) is 0 Å². The van der Waals surface area contributed by atoms with E-state index in [0.717, 1.165) is 5.69 Å². The normalized spacial score (nSPS) is 21.3. The molecular weight excluding hydrogens is 273 g/mol. The molecule has 0 aliphatic carbocycles. The van der Waals surface area contributed by atoms with Crippen molar-refractivity contribution >= 4 is 27.4 Å². The predicted octanol–water partition coefficient (Wildman–Crippen LogP) is 3.00. The van der Waals surface area contributed by atoms with E-state index in [1.807, 2.05) is 13.0 Å². The highest BCUT2D eigenvalue weighted by Gasteiger charge is 2.23. The number of benzene rings is 1. The lowest BCUT2D eigenvalue weighted by Gasteiger charge is -2.32. The first-order valence-electron chi connectivity index (χ1n) is 5.30. The quantitative estimate of drug-likeness (QED) is 0.791. The molecule has 0 N–H and O–H groups in total. The Labute approximate surface area is 103 Å². The highest BCUT2D eigenvalue weighted by molar-refractivity contribution is 9.10. The first-order valence-corrected chi connectivity index (χ1v) is 6.10. The number of anilines is 1. The maximum Gasteiger partial charge on any atom is 0.139 e. The van der Waals surface area contributed by atoms with Gasteiger partial charge in [0.1, 0.15) is 11.6 Å². The molecule has 2 rings (SSSR count). The van der Waals surface area contributed by atoms with E-state index in [2.05, 4.69) is 20.8 Å². The predicted molar refractivity (Wildman–Crippen MR) is 65.1 cm³/mol. The Balaban J connectivity index is 2.18. The van der Waals surface area contributed by atoms with Gasteiger partial charge in [0, 0.05) is 31.1 Å². The summed E-state index contributed by atoms with van der Waals surface area (Å²) in [6.45, 7) is 3.29. The van der Waals surface area contributed by atoms with E-state index < -0.39 is 0 Å². The molecule has 1 unspecified atom stereocenters. The van der Waals surface area contributed by atoms with Gasteiger partial charge in [-0.25, -0.2) is 4.39 Å². The van der Waals surface area contributed by atoms with Gasteiger partial charge in [0.15, 0.2) is 0 Å². The molecule has 1 aromatic rings. The minimum absolute atomic E-state index is 0.0421. The molecule has 1 saturated heterocycles. The van der Waals surface area contributed by atoms with Crippen LogP contribution in [0.3, 0.4) is 0 Å². The minimum atomic E-state index is -0.262. The standard InChI is InChI=1S/C12H13BrFNO/c1-8-7-15(5-4-12(8)16)9-2-3-10(13)11(14)6-9/h2-3,6,8H,4-5,7H2,1H3. The summed E-state index contributed by atoms with van der Waals surface area (Å²) in [5.41, 5.74) is 0.847. The molecule has 0 aromatic heterocycles. The molecule has 1 fully saturated rings. The van der Waals surface area contributed by atoms with Crippen LogP contribution in [0.5, 0.6) is 0 Å². The maximum absolute atomic E-state index is 13.4. The van der Waals surface area contributed by atoms with E-state index in [9.17, 15) is 9.18 Å². The second-order valence-electron chi connectivity index (χ2n) is 4.16. The van der Waals surface area contributed by atoms with Crippen molar-refractivity contribution in [1.82, 2.24) is 0 Å². The Morgan fingerprint density at radius 2 is 2.25 bits per heavy atom. The summed E-state index contributed by atoms with van der Waals surface area (Å²) in [5, 5.41) is 0. The summed E-state index contributed by atoms with van der Waals surface area (Å²) in [6, 6.07) is 5.08. The fourth-order valence-electron chi connectivity index (χ4n) is 1.93. The summed E-state index contributed by atoms with van der Waals surface area (Å²) >= 11 is 3.13. The Bertz CT molecular complexity index is 421. The van der Waals surface area contributed by atoms with Crippen molar-refractivity contribution < 1.29 is 9.18 Å². The molecular formula is C12H13BrFNO. The summed E-state index contributed by atoms with van der Waals surface area (Å²) in [4.78, 5) is 13.4. The third-order valence-corrected chi connectivity index (χ3v) is 3.58. The van der Waals surface area contributed by atoms with Crippen LogP contribution in [0.2, 0.25) is 0 Å². The van der Waals surface area contributed by atoms with E-state index in [1.165, 1.54) is 6.07 Å². The fraction of sp³-hybridized carbons (Fsp3) is 0.417. The van der Waals surface area contributed by atoms with Crippen molar-refractivity contribution in [2.75, 3.05) is 18.0 Å². The van der Waals surface area contributed by atoms with E-state index in [-0.39, 0.29) is 11.7 Å². The first kappa shape index (κ1) is 11.6. The average molecular weight is 286 g/mol. The molecule has 0 bridgehead atoms. The number of Topliss-reactive ketones (excluding diaryl/α,β-unsaturated/α-hetero) is 1. The van der Waals surface area contributed by atoms with E-state index in [4.69, 9.17) is 0 Å². The molecule has 1 heterocycles. The number of hydrogen-bond donors (Lipinski definition) is 0. The molecule has 1 atom stereocenters. The van der Waals surface area contributed by atoms with Crippen molar-refractivity contribution in [1.29, 1.82) is 0 Å². The Kier molecular flexibility index (Phi) is 3.28. The Morgan fingerprint density at radius 1 is 1.50 bits per heavy atom. The molecule has 0 spiro atoms. The van der Waals surface area contributed by atoms with Gasteiger partial charge in [0.05, 0.1) is 4.47 Å². The Hall–Kier alpha value is -0.900. The zero-order valence-electron chi connectivity index (χ0n) is 9.04. The number of ketones is 1. The monoisotopic (exact) mass is 285 g/mol. The smallest absolute Gasteiger partial charge is 0.139 e. The van der Waals surface area contributed by atoms with Crippen LogP contribution in [0.4, 0.5) is 10.1 Å². The third-order valence-electron chi connectivity index (χ3n) is 2.94. The van der Waals surface area contributed by atoms with Gasteiger partial charge in [-0.3, -0.25) is 4.79 Å². The van der Waals surface area contributed by atoms with Gasteiger partial charge in [-0.2, -0.15) is 0 Å². The van der Waals surface area contributed by atoms with E-state index >= 15 is 0 Å². The highest BCUT2D eigenvalue weighted by atomic mass is 79.9. The number of carbonyl (C=O) groups is 1. The van der Waals surface area contributed by atoms with Gasteiger partial charge >= 0.3 is 0 Å². The van der Waals surface area contributed by atoms with Gasteiger partial charge in [0.25, 0.3) is 0 Å². The topological polar surface area (TPSA) is 20.3 Å². The van der Waals surface area contributed by atoms with Crippen molar-refractivity contribution in [2.45, 2.75) is 13.3 Å². The summed E-state index contributed by atoms with van der Waals surface area (Å²) in [6.07, 6.45) is 0.554. The van der Waals surface area contributed by atoms with E-state index in [1.54, 1.807) is 6.07 Å². The van der Waals surface area contributed by atoms with Gasteiger partial charge in [-0.05, 0) is 34.1 Å². The van der Waals surface area contributed by atoms with Crippen LogP contribution in [0.1, 0.15) is 13.3 Å². The molecule has 2 nitrogen and oxygen atoms in total. The fourth-order valence-corrected chi connectivity index (χ4v) is 2.18. The molecule has 1 aliphatic heterocycles. The van der Waals surface area contributed by atoms with E-state index in [0.29, 0.717) is 29.8 Å². The molecule has 86 valence electrons. The maximum atomic E-state index is 13.4. The van der Waals surface area contributed by atoms with Crippen molar-refractivity contribution in [2.24, 2.45) is 5.92 Å². The van der Waals surface area contributed by atoms with Crippen LogP contribution in [-0.2, 0) is 4.79 Å². The van der Waals surface area contributed by atoms with Gasteiger partial charge < -0.3 is 4.90 Å². The number of nitrogens with zero attached hydrogens (tertiary/aromatic N) is 1. The lowest BCUT2D eigenvalue weighted by atomic mass is 9.98. The van der Waals surface area contributed by atoms with Crippen LogP contribution >= 0.6 is 15.9 Å². The number of rotatable bonds is 1. The molecule has 4 heteroatoms. The molecule has 1 aliphatic rings. The highest BCUT2D eigenvalue weighted by Crippen LogP contribution is 2.25. The van der Waals surface area contributed by atoms with Crippen LogP contribution < -0.4 is 4.90 Å². The number of piperidine rings is 1. The second kappa shape index (κ2) is 4.53. The van der Waals surface area contributed by atoms with Crippen LogP contribution in [0, 0.1) is 11.7 Å². The van der Waals surface area contributed by atoms with Crippen LogP contribution in [0.15, 0.2) is 22.7 Å². The van der Waals surface area contributed by atoms with Crippen LogP contribution in [-0.4, -0.2) is 18.9 Å². The van der Waals surface area contributed by atoms with Crippen molar-refractivity contribution in [3.05, 3.63) is 28.5 Å². The largest absolute Gasteiger partial charge is 0.370 e. The zero-order chi connectivity index (χ0) is 11.7. The zero-order valence-corrected chi connectivity index (χ0v) is 10.6. The molecule has 0 radical (unpaired) electrons. The third kappa shape index (κ3) is 2.26. The van der Waals surface area contributed by atoms with Crippen LogP contribution in [0.25, 0.3) is 0 Å². The summed E-state index contributed by atoms with van der Waals surface area (Å²) < 4.78 is 13.8. The minimum Gasteiger partial charge on any atom is -0.370 e. The lowest BCUT2D eigenvalue weighted by molar-refractivity contribution is -0.122. The molecule has 16 heavy (non-hydrogen) atoms. The Morgan fingerprint density at radius 3 is 2.88 bits per heavy atom. The number of hydrogen-bond acceptors (Lipinski definition) is 2. The van der Waals surface area contributed by atoms with Gasteiger partial charge in [-0.1, -0.05) is 6.92 Å². The SMILES string of the molecule is CC1CN(c2ccc(Br)c(F)c2)CCC1=O. The van der Waals surface area contributed by atoms with Gasteiger partial charge in [-0.15, -0.1) is 0 Å². The molecule has 1 aromatic carbocycles. The molecule has 0 amide bonds. The number of halogens is 2. The first-order chi connectivity index (χ1) is 7.58.